The molecule has 1 aliphatic rings. The maximum Gasteiger partial charge on any atom is 0.264 e. The summed E-state index contributed by atoms with van der Waals surface area (Å²) in [6, 6.07) is 4.06. The third-order valence-electron chi connectivity index (χ3n) is 3.53. The van der Waals surface area contributed by atoms with E-state index in [2.05, 4.69) is 23.3 Å². The molecular formula is C16H16N2OS2. The monoisotopic (exact) mass is 316 g/mol. The molecule has 0 saturated carbocycles. The van der Waals surface area contributed by atoms with Gasteiger partial charge in [0.25, 0.3) is 5.91 Å². The number of nitrogens with two attached hydrogens (primary N) is 1. The van der Waals surface area contributed by atoms with Crippen LogP contribution in [0.2, 0.25) is 0 Å². The molecule has 0 atom stereocenters. The van der Waals surface area contributed by atoms with Crippen molar-refractivity contribution in [3.05, 3.63) is 43.3 Å². The lowest BCUT2D eigenvalue weighted by molar-refractivity contribution is 0.0740. The Labute approximate surface area is 132 Å². The van der Waals surface area contributed by atoms with Crippen LogP contribution >= 0.6 is 22.7 Å². The summed E-state index contributed by atoms with van der Waals surface area (Å²) >= 11 is 3.25. The first-order chi connectivity index (χ1) is 10.2. The molecule has 1 amide bonds. The largest absolute Gasteiger partial charge is 0.333 e. The first kappa shape index (κ1) is 14.3. The molecule has 3 nitrogen and oxygen atoms in total. The topological polar surface area (TPSA) is 46.3 Å². The molecule has 3 heterocycles. The number of rotatable bonds is 1. The fraction of sp³-hybridized carbons (Fsp3) is 0.312. The third-order valence-corrected chi connectivity index (χ3v) is 5.69. The van der Waals surface area contributed by atoms with Gasteiger partial charge in [-0.3, -0.25) is 4.79 Å². The Morgan fingerprint density at radius 3 is 3.19 bits per heavy atom. The highest BCUT2D eigenvalue weighted by molar-refractivity contribution is 7.14. The molecule has 0 spiro atoms. The highest BCUT2D eigenvalue weighted by Crippen LogP contribution is 2.27. The maximum atomic E-state index is 12.6. The lowest BCUT2D eigenvalue weighted by Crippen LogP contribution is -2.34. The summed E-state index contributed by atoms with van der Waals surface area (Å²) in [6.45, 7) is 3.85. The van der Waals surface area contributed by atoms with Crippen molar-refractivity contribution < 1.29 is 4.79 Å². The lowest BCUT2D eigenvalue weighted by atomic mass is 10.1. The molecule has 0 fully saturated rings. The van der Waals surface area contributed by atoms with Crippen molar-refractivity contribution in [1.29, 1.82) is 0 Å². The number of aryl methyl sites for hydroxylation is 1. The molecule has 0 aliphatic carbocycles. The summed E-state index contributed by atoms with van der Waals surface area (Å²) in [4.78, 5) is 17.7. The van der Waals surface area contributed by atoms with Crippen LogP contribution in [0.1, 0.15) is 30.6 Å². The number of fused-ring (bicyclic) bond motifs is 1. The van der Waals surface area contributed by atoms with Crippen LogP contribution in [0.15, 0.2) is 17.5 Å². The summed E-state index contributed by atoms with van der Waals surface area (Å²) in [5.41, 5.74) is 7.74. The van der Waals surface area contributed by atoms with E-state index in [1.54, 1.807) is 11.3 Å². The minimum absolute atomic E-state index is 0.112. The first-order valence-corrected chi connectivity index (χ1v) is 8.52. The van der Waals surface area contributed by atoms with Gasteiger partial charge >= 0.3 is 0 Å². The van der Waals surface area contributed by atoms with E-state index in [4.69, 9.17) is 5.73 Å². The van der Waals surface area contributed by atoms with Gasteiger partial charge in [-0.2, -0.15) is 0 Å². The molecule has 21 heavy (non-hydrogen) atoms. The molecule has 0 saturated heterocycles. The van der Waals surface area contributed by atoms with Gasteiger partial charge in [-0.25, -0.2) is 0 Å². The second kappa shape index (κ2) is 6.02. The van der Waals surface area contributed by atoms with Gasteiger partial charge in [0.2, 0.25) is 0 Å². The first-order valence-electron chi connectivity index (χ1n) is 6.83. The Morgan fingerprint density at radius 2 is 2.38 bits per heavy atom. The van der Waals surface area contributed by atoms with Gasteiger partial charge in [-0.1, -0.05) is 11.8 Å². The minimum Gasteiger partial charge on any atom is -0.333 e. The van der Waals surface area contributed by atoms with Crippen LogP contribution in [-0.4, -0.2) is 23.9 Å². The summed E-state index contributed by atoms with van der Waals surface area (Å²) in [7, 11) is 0. The lowest BCUT2D eigenvalue weighted by Gasteiger charge is -2.26. The van der Waals surface area contributed by atoms with E-state index in [9.17, 15) is 4.79 Å². The van der Waals surface area contributed by atoms with Crippen LogP contribution in [0, 0.1) is 18.8 Å². The van der Waals surface area contributed by atoms with Crippen molar-refractivity contribution in [3.8, 4) is 11.8 Å². The Kier molecular flexibility index (Phi) is 4.11. The van der Waals surface area contributed by atoms with Gasteiger partial charge in [-0.15, -0.1) is 22.7 Å². The molecule has 108 valence electrons. The normalized spacial score (nSPS) is 13.5. The predicted molar refractivity (Wildman–Crippen MR) is 87.8 cm³/mol. The fourth-order valence-corrected chi connectivity index (χ4v) is 4.33. The smallest absolute Gasteiger partial charge is 0.264 e. The van der Waals surface area contributed by atoms with E-state index >= 15 is 0 Å². The zero-order valence-electron chi connectivity index (χ0n) is 11.8. The predicted octanol–water partition coefficient (Wildman–Crippen LogP) is 2.63. The fourth-order valence-electron chi connectivity index (χ4n) is 2.42. The molecule has 0 bridgehead atoms. The van der Waals surface area contributed by atoms with Crippen LogP contribution in [-0.2, 0) is 13.0 Å². The molecule has 0 unspecified atom stereocenters. The number of carbonyl (C=O) groups excluding carboxylic acids is 1. The number of nitrogens with zero attached hydrogens (tertiary/aromatic N) is 1. The van der Waals surface area contributed by atoms with Gasteiger partial charge < -0.3 is 10.6 Å². The van der Waals surface area contributed by atoms with Gasteiger partial charge in [0.05, 0.1) is 16.3 Å². The van der Waals surface area contributed by atoms with Crippen molar-refractivity contribution >= 4 is 28.6 Å². The molecule has 2 N–H and O–H groups in total. The van der Waals surface area contributed by atoms with Crippen LogP contribution in [0.25, 0.3) is 0 Å². The minimum atomic E-state index is 0.112. The summed E-state index contributed by atoms with van der Waals surface area (Å²) in [6.07, 6.45) is 0.961. The van der Waals surface area contributed by atoms with Crippen molar-refractivity contribution in [2.45, 2.75) is 19.9 Å². The Bertz CT molecular complexity index is 733. The second-order valence-corrected chi connectivity index (χ2v) is 7.03. The number of hydrogen-bond acceptors (Lipinski definition) is 4. The molecule has 5 heteroatoms. The van der Waals surface area contributed by atoms with E-state index in [1.165, 1.54) is 21.8 Å². The van der Waals surface area contributed by atoms with E-state index in [-0.39, 0.29) is 5.91 Å². The van der Waals surface area contributed by atoms with E-state index < -0.39 is 0 Å². The molecule has 3 rings (SSSR count). The Morgan fingerprint density at radius 1 is 1.52 bits per heavy atom. The van der Waals surface area contributed by atoms with E-state index in [0.29, 0.717) is 6.54 Å². The van der Waals surface area contributed by atoms with Crippen LogP contribution < -0.4 is 5.73 Å². The quantitative estimate of drug-likeness (QED) is 0.822. The SMILES string of the molecule is Cc1cc(C(=O)N2CCc3sccc3C2)sc1C#CCN. The molecule has 0 aromatic carbocycles. The van der Waals surface area contributed by atoms with Crippen molar-refractivity contribution in [1.82, 2.24) is 4.90 Å². The van der Waals surface area contributed by atoms with E-state index in [0.717, 1.165) is 34.8 Å². The molecule has 2 aromatic heterocycles. The highest BCUT2D eigenvalue weighted by Gasteiger charge is 2.24. The third kappa shape index (κ3) is 2.88. The van der Waals surface area contributed by atoms with Crippen LogP contribution in [0.5, 0.6) is 0 Å². The summed E-state index contributed by atoms with van der Waals surface area (Å²) in [5.74, 6) is 6.00. The molecule has 2 aromatic rings. The average molecular weight is 316 g/mol. The van der Waals surface area contributed by atoms with Crippen LogP contribution in [0.4, 0.5) is 0 Å². The van der Waals surface area contributed by atoms with Gasteiger partial charge in [0, 0.05) is 18.0 Å². The number of amides is 1. The number of hydrogen-bond donors (Lipinski definition) is 1. The van der Waals surface area contributed by atoms with Crippen molar-refractivity contribution in [2.24, 2.45) is 5.73 Å². The summed E-state index contributed by atoms with van der Waals surface area (Å²) in [5, 5.41) is 2.11. The second-order valence-electron chi connectivity index (χ2n) is 4.97. The molecular weight excluding hydrogens is 300 g/mol. The van der Waals surface area contributed by atoms with Crippen LogP contribution in [0.3, 0.4) is 0 Å². The van der Waals surface area contributed by atoms with Crippen molar-refractivity contribution in [3.63, 3.8) is 0 Å². The average Bonchev–Trinajstić information content (AvgIpc) is 3.10. The zero-order chi connectivity index (χ0) is 14.8. The molecule has 0 radical (unpaired) electrons. The maximum absolute atomic E-state index is 12.6. The Hall–Kier alpha value is -1.61. The zero-order valence-corrected chi connectivity index (χ0v) is 13.4. The number of thiophene rings is 2. The standard InChI is InChI=1S/C16H16N2OS2/c1-11-9-15(21-13(11)3-2-6-17)16(19)18-7-4-14-12(10-18)5-8-20-14/h5,8-9H,4,6-7,10,17H2,1H3. The Balaban J connectivity index is 1.80. The van der Waals surface area contributed by atoms with Gasteiger partial charge in [0.1, 0.15) is 0 Å². The highest BCUT2D eigenvalue weighted by atomic mass is 32.1. The van der Waals surface area contributed by atoms with Crippen molar-refractivity contribution in [2.75, 3.05) is 13.1 Å². The van der Waals surface area contributed by atoms with E-state index in [1.807, 2.05) is 17.9 Å². The van der Waals surface area contributed by atoms with Gasteiger partial charge in [0.15, 0.2) is 0 Å². The number of carbonyl (C=O) groups is 1. The summed E-state index contributed by atoms with van der Waals surface area (Å²) < 4.78 is 0. The molecule has 1 aliphatic heterocycles. The van der Waals surface area contributed by atoms with Gasteiger partial charge in [-0.05, 0) is 42.0 Å².